The Kier molecular flexibility index (Phi) is 5.13. The van der Waals surface area contributed by atoms with Crippen molar-refractivity contribution < 1.29 is 4.74 Å². The molecule has 0 amide bonds. The molecule has 1 saturated heterocycles. The molecule has 1 aromatic carbocycles. The fourth-order valence-electron chi connectivity index (χ4n) is 3.65. The van der Waals surface area contributed by atoms with Crippen molar-refractivity contribution in [1.82, 2.24) is 19.8 Å². The molecule has 0 spiro atoms. The predicted octanol–water partition coefficient (Wildman–Crippen LogP) is 2.83. The standard InChI is InChI=1S/C18H25ClN4O/c1-12(14-7-13(19)5-6-18(14)24-4)21-16-10-22(2)9-15(16)17-8-20-11-23(17)3/h5-8,11-12,15-16,21H,9-10H2,1-4H3/t12?,15-,16-/m1/s1. The molecular formula is C18H25ClN4O. The summed E-state index contributed by atoms with van der Waals surface area (Å²) in [5, 5.41) is 4.50. The summed E-state index contributed by atoms with van der Waals surface area (Å²) in [6, 6.07) is 6.26. The van der Waals surface area contributed by atoms with E-state index in [9.17, 15) is 0 Å². The number of methoxy groups -OCH3 is 1. The van der Waals surface area contributed by atoms with E-state index in [1.165, 1.54) is 5.69 Å². The third-order valence-electron chi connectivity index (χ3n) is 4.86. The molecule has 0 bridgehead atoms. The molecule has 0 aliphatic carbocycles. The fourth-order valence-corrected chi connectivity index (χ4v) is 3.83. The Bertz CT molecular complexity index is 702. The number of halogens is 1. The van der Waals surface area contributed by atoms with E-state index in [1.807, 2.05) is 30.7 Å². The van der Waals surface area contributed by atoms with Gasteiger partial charge in [-0.25, -0.2) is 4.98 Å². The van der Waals surface area contributed by atoms with Crippen LogP contribution < -0.4 is 10.1 Å². The van der Waals surface area contributed by atoms with Crippen molar-refractivity contribution in [1.29, 1.82) is 0 Å². The van der Waals surface area contributed by atoms with Gasteiger partial charge in [-0.3, -0.25) is 0 Å². The number of nitrogens with one attached hydrogen (secondary N) is 1. The lowest BCUT2D eigenvalue weighted by Crippen LogP contribution is -2.37. The molecule has 1 unspecified atom stereocenters. The number of nitrogens with zero attached hydrogens (tertiary/aromatic N) is 3. The molecule has 2 heterocycles. The smallest absolute Gasteiger partial charge is 0.123 e. The summed E-state index contributed by atoms with van der Waals surface area (Å²) in [6.07, 6.45) is 3.84. The summed E-state index contributed by atoms with van der Waals surface area (Å²) in [5.41, 5.74) is 2.35. The van der Waals surface area contributed by atoms with Crippen LogP contribution in [-0.4, -0.2) is 47.7 Å². The van der Waals surface area contributed by atoms with Gasteiger partial charge in [-0.15, -0.1) is 0 Å². The van der Waals surface area contributed by atoms with Crippen LogP contribution in [0.2, 0.25) is 5.02 Å². The van der Waals surface area contributed by atoms with Gasteiger partial charge in [-0.2, -0.15) is 0 Å². The summed E-state index contributed by atoms with van der Waals surface area (Å²) in [4.78, 5) is 6.64. The maximum Gasteiger partial charge on any atom is 0.123 e. The summed E-state index contributed by atoms with van der Waals surface area (Å²) in [7, 11) is 5.91. The van der Waals surface area contributed by atoms with Crippen LogP contribution in [0.4, 0.5) is 0 Å². The number of imidazole rings is 1. The molecule has 6 heteroatoms. The third-order valence-corrected chi connectivity index (χ3v) is 5.09. The van der Waals surface area contributed by atoms with Crippen molar-refractivity contribution in [3.05, 3.63) is 47.0 Å². The maximum atomic E-state index is 6.19. The third kappa shape index (κ3) is 3.43. The molecule has 2 aromatic rings. The zero-order valence-electron chi connectivity index (χ0n) is 14.7. The molecule has 3 atom stereocenters. The fraction of sp³-hybridized carbons (Fsp3) is 0.500. The second-order valence-corrected chi connectivity index (χ2v) is 7.07. The highest BCUT2D eigenvalue weighted by molar-refractivity contribution is 6.30. The van der Waals surface area contributed by atoms with Gasteiger partial charge in [0, 0.05) is 60.6 Å². The number of hydrogen-bond donors (Lipinski definition) is 1. The number of aryl methyl sites for hydroxylation is 1. The van der Waals surface area contributed by atoms with E-state index in [0.717, 1.165) is 29.4 Å². The van der Waals surface area contributed by atoms with Crippen LogP contribution in [0.1, 0.15) is 30.1 Å². The van der Waals surface area contributed by atoms with Crippen LogP contribution in [0.15, 0.2) is 30.7 Å². The van der Waals surface area contributed by atoms with Gasteiger partial charge < -0.3 is 19.5 Å². The van der Waals surface area contributed by atoms with Crippen molar-refractivity contribution in [2.45, 2.75) is 24.9 Å². The molecule has 5 nitrogen and oxygen atoms in total. The van der Waals surface area contributed by atoms with E-state index in [-0.39, 0.29) is 6.04 Å². The van der Waals surface area contributed by atoms with Gasteiger partial charge in [0.2, 0.25) is 0 Å². The van der Waals surface area contributed by atoms with Crippen molar-refractivity contribution in [2.24, 2.45) is 7.05 Å². The van der Waals surface area contributed by atoms with E-state index >= 15 is 0 Å². The Hall–Kier alpha value is -1.56. The second kappa shape index (κ2) is 7.13. The highest BCUT2D eigenvalue weighted by Gasteiger charge is 2.34. The van der Waals surface area contributed by atoms with E-state index in [1.54, 1.807) is 7.11 Å². The van der Waals surface area contributed by atoms with Gasteiger partial charge in [0.1, 0.15) is 5.75 Å². The number of benzene rings is 1. The number of rotatable bonds is 5. The van der Waals surface area contributed by atoms with Crippen LogP contribution in [-0.2, 0) is 7.05 Å². The largest absolute Gasteiger partial charge is 0.496 e. The average molecular weight is 349 g/mol. The number of likely N-dealkylation sites (N-methyl/N-ethyl adjacent to an activating group) is 1. The van der Waals surface area contributed by atoms with Gasteiger partial charge in [-0.1, -0.05) is 11.6 Å². The summed E-state index contributed by atoms with van der Waals surface area (Å²) in [6.45, 7) is 4.19. The van der Waals surface area contributed by atoms with Crippen molar-refractivity contribution in [2.75, 3.05) is 27.2 Å². The van der Waals surface area contributed by atoms with Crippen molar-refractivity contribution in [3.8, 4) is 5.75 Å². The van der Waals surface area contributed by atoms with Gasteiger partial charge in [-0.05, 0) is 32.2 Å². The first-order valence-electron chi connectivity index (χ1n) is 8.24. The molecule has 1 aromatic heterocycles. The van der Waals surface area contributed by atoms with Gasteiger partial charge >= 0.3 is 0 Å². The Balaban J connectivity index is 1.81. The van der Waals surface area contributed by atoms with E-state index in [0.29, 0.717) is 12.0 Å². The molecule has 24 heavy (non-hydrogen) atoms. The summed E-state index contributed by atoms with van der Waals surface area (Å²) >= 11 is 6.19. The van der Waals surface area contributed by atoms with E-state index in [4.69, 9.17) is 16.3 Å². The van der Waals surface area contributed by atoms with Crippen LogP contribution in [0, 0.1) is 0 Å². The van der Waals surface area contributed by atoms with Crippen LogP contribution >= 0.6 is 11.6 Å². The first kappa shape index (κ1) is 17.3. The monoisotopic (exact) mass is 348 g/mol. The average Bonchev–Trinajstić information content (AvgIpc) is 3.12. The van der Waals surface area contributed by atoms with Gasteiger partial charge in [0.25, 0.3) is 0 Å². The highest BCUT2D eigenvalue weighted by atomic mass is 35.5. The number of hydrogen-bond acceptors (Lipinski definition) is 4. The minimum absolute atomic E-state index is 0.144. The lowest BCUT2D eigenvalue weighted by Gasteiger charge is -2.26. The van der Waals surface area contributed by atoms with Crippen LogP contribution in [0.5, 0.6) is 5.75 Å². The van der Waals surface area contributed by atoms with Gasteiger partial charge in [0.15, 0.2) is 0 Å². The first-order valence-corrected chi connectivity index (χ1v) is 8.61. The zero-order valence-corrected chi connectivity index (χ0v) is 15.4. The molecular weight excluding hydrogens is 324 g/mol. The molecule has 1 N–H and O–H groups in total. The lowest BCUT2D eigenvalue weighted by molar-refractivity contribution is 0.375. The normalized spacial score (nSPS) is 22.7. The second-order valence-electron chi connectivity index (χ2n) is 6.64. The van der Waals surface area contributed by atoms with Crippen LogP contribution in [0.3, 0.4) is 0 Å². The van der Waals surface area contributed by atoms with Gasteiger partial charge in [0.05, 0.1) is 13.4 Å². The zero-order chi connectivity index (χ0) is 17.3. The first-order chi connectivity index (χ1) is 11.5. The molecule has 1 aliphatic rings. The van der Waals surface area contributed by atoms with Crippen LogP contribution in [0.25, 0.3) is 0 Å². The Labute approximate surface area is 148 Å². The minimum Gasteiger partial charge on any atom is -0.496 e. The minimum atomic E-state index is 0.144. The molecule has 3 rings (SSSR count). The lowest BCUT2D eigenvalue weighted by atomic mass is 9.97. The SMILES string of the molecule is COc1ccc(Cl)cc1C(C)N[C@@H]1CN(C)C[C@H]1c1cncn1C. The van der Waals surface area contributed by atoms with E-state index < -0.39 is 0 Å². The number of ether oxygens (including phenoxy) is 1. The topological polar surface area (TPSA) is 42.3 Å². The molecule has 130 valence electrons. The number of likely N-dealkylation sites (tertiary alicyclic amines) is 1. The van der Waals surface area contributed by atoms with Crippen molar-refractivity contribution in [3.63, 3.8) is 0 Å². The quantitative estimate of drug-likeness (QED) is 0.902. The predicted molar refractivity (Wildman–Crippen MR) is 96.8 cm³/mol. The molecule has 0 radical (unpaired) electrons. The molecule has 0 saturated carbocycles. The van der Waals surface area contributed by atoms with E-state index in [2.05, 4.69) is 40.8 Å². The molecule has 1 fully saturated rings. The highest BCUT2D eigenvalue weighted by Crippen LogP contribution is 2.32. The Morgan fingerprint density at radius 3 is 2.79 bits per heavy atom. The maximum absolute atomic E-state index is 6.19. The van der Waals surface area contributed by atoms with Crippen molar-refractivity contribution >= 4 is 11.6 Å². The Morgan fingerprint density at radius 2 is 2.12 bits per heavy atom. The molecule has 1 aliphatic heterocycles. The summed E-state index contributed by atoms with van der Waals surface area (Å²) < 4.78 is 7.62. The number of aromatic nitrogens is 2. The Morgan fingerprint density at radius 1 is 1.33 bits per heavy atom. The summed E-state index contributed by atoms with van der Waals surface area (Å²) in [5.74, 6) is 1.28.